The van der Waals surface area contributed by atoms with Crippen LogP contribution < -0.4 is 25.0 Å². The first-order valence-corrected chi connectivity index (χ1v) is 10.0. The molecule has 4 rings (SSSR count). The van der Waals surface area contributed by atoms with Crippen LogP contribution in [0.2, 0.25) is 0 Å². The van der Waals surface area contributed by atoms with E-state index in [4.69, 9.17) is 9.47 Å². The zero-order valence-corrected chi connectivity index (χ0v) is 17.9. The van der Waals surface area contributed by atoms with Crippen LogP contribution in [-0.2, 0) is 0 Å². The van der Waals surface area contributed by atoms with E-state index in [1.54, 1.807) is 12.3 Å². The Morgan fingerprint density at radius 3 is 2.32 bits per heavy atom. The van der Waals surface area contributed by atoms with Gasteiger partial charge in [0.15, 0.2) is 0 Å². The monoisotopic (exact) mass is 423 g/mol. The second kappa shape index (κ2) is 8.68. The lowest BCUT2D eigenvalue weighted by molar-refractivity contribution is 0.102. The third-order valence-corrected chi connectivity index (χ3v) is 5.10. The Morgan fingerprint density at radius 2 is 1.68 bits per heavy atom. The normalized spacial score (nSPS) is 18.6. The van der Waals surface area contributed by atoms with Gasteiger partial charge in [-0.1, -0.05) is 0 Å². The summed E-state index contributed by atoms with van der Waals surface area (Å²) in [6.07, 6.45) is 4.68. The van der Waals surface area contributed by atoms with Gasteiger partial charge in [-0.3, -0.25) is 4.79 Å². The summed E-state index contributed by atoms with van der Waals surface area (Å²) in [6, 6.07) is 4.84. The van der Waals surface area contributed by atoms with Gasteiger partial charge in [0.25, 0.3) is 5.91 Å². The number of ether oxygens (including phenoxy) is 2. The van der Waals surface area contributed by atoms with Gasteiger partial charge in [-0.25, -0.2) is 15.0 Å². The van der Waals surface area contributed by atoms with Crippen molar-refractivity contribution in [1.29, 1.82) is 0 Å². The Kier molecular flexibility index (Phi) is 5.81. The van der Waals surface area contributed by atoms with Gasteiger partial charge in [0.2, 0.25) is 0 Å². The number of nitrogens with zero attached hydrogens (tertiary/aromatic N) is 5. The summed E-state index contributed by atoms with van der Waals surface area (Å²) in [6.45, 7) is 6.01. The molecule has 10 heteroatoms. The standard InChI is InChI=1S/C21H25N7O3/c1-12-10-28(11-13(2)25-12)17-6-5-15(18-16(17)9-24-21(27-18)31-4)19(29)26-14-7-22-20(30-3)23-8-14/h5-9,12-13,25H,10-11H2,1-4H3,(H,26,29)/t12-,13-/m0/s1. The molecule has 0 radical (unpaired) electrons. The van der Waals surface area contributed by atoms with Gasteiger partial charge in [0.05, 0.1) is 43.4 Å². The lowest BCUT2D eigenvalue weighted by Gasteiger charge is -2.38. The summed E-state index contributed by atoms with van der Waals surface area (Å²) < 4.78 is 10.2. The van der Waals surface area contributed by atoms with E-state index in [9.17, 15) is 4.79 Å². The highest BCUT2D eigenvalue weighted by atomic mass is 16.5. The number of benzene rings is 1. The Bertz CT molecular complexity index is 1080. The van der Waals surface area contributed by atoms with E-state index in [2.05, 4.69) is 49.3 Å². The van der Waals surface area contributed by atoms with E-state index in [0.29, 0.717) is 28.9 Å². The minimum atomic E-state index is -0.326. The number of hydrogen-bond acceptors (Lipinski definition) is 9. The van der Waals surface area contributed by atoms with Crippen molar-refractivity contribution < 1.29 is 14.3 Å². The maximum atomic E-state index is 13.1. The Hall–Kier alpha value is -3.53. The Morgan fingerprint density at radius 1 is 1.03 bits per heavy atom. The van der Waals surface area contributed by atoms with Crippen LogP contribution in [0.1, 0.15) is 24.2 Å². The maximum Gasteiger partial charge on any atom is 0.316 e. The molecule has 1 fully saturated rings. The van der Waals surface area contributed by atoms with Crippen LogP contribution in [0.5, 0.6) is 12.0 Å². The fraction of sp³-hybridized carbons (Fsp3) is 0.381. The first kappa shape index (κ1) is 20.7. The predicted octanol–water partition coefficient (Wildman–Crippen LogP) is 1.88. The average Bonchev–Trinajstić information content (AvgIpc) is 2.77. The van der Waals surface area contributed by atoms with Crippen molar-refractivity contribution in [1.82, 2.24) is 25.3 Å². The molecule has 1 amide bonds. The molecule has 10 nitrogen and oxygen atoms in total. The van der Waals surface area contributed by atoms with E-state index < -0.39 is 0 Å². The first-order valence-electron chi connectivity index (χ1n) is 10.0. The van der Waals surface area contributed by atoms with E-state index in [0.717, 1.165) is 24.2 Å². The Balaban J connectivity index is 1.72. The zero-order chi connectivity index (χ0) is 22.0. The van der Waals surface area contributed by atoms with Gasteiger partial charge < -0.3 is 25.0 Å². The zero-order valence-electron chi connectivity index (χ0n) is 17.9. The molecule has 3 heterocycles. The van der Waals surface area contributed by atoms with Crippen LogP contribution in [-0.4, -0.2) is 65.2 Å². The molecule has 1 aliphatic heterocycles. The number of aromatic nitrogens is 4. The molecule has 0 bridgehead atoms. The van der Waals surface area contributed by atoms with Crippen molar-refractivity contribution in [2.75, 3.05) is 37.5 Å². The minimum absolute atomic E-state index is 0.202. The third kappa shape index (κ3) is 4.33. The number of anilines is 2. The van der Waals surface area contributed by atoms with Crippen molar-refractivity contribution in [3.63, 3.8) is 0 Å². The summed E-state index contributed by atoms with van der Waals surface area (Å²) in [7, 11) is 2.98. The van der Waals surface area contributed by atoms with Gasteiger partial charge in [0.1, 0.15) is 0 Å². The number of carbonyl (C=O) groups excluding carboxylic acids is 1. The highest BCUT2D eigenvalue weighted by Crippen LogP contribution is 2.31. The molecule has 3 aromatic rings. The molecule has 1 aromatic carbocycles. The largest absolute Gasteiger partial charge is 0.467 e. The number of methoxy groups -OCH3 is 2. The Labute approximate surface area is 180 Å². The highest BCUT2D eigenvalue weighted by molar-refractivity contribution is 6.13. The molecular weight excluding hydrogens is 398 g/mol. The van der Waals surface area contributed by atoms with E-state index in [1.807, 2.05) is 6.07 Å². The van der Waals surface area contributed by atoms with Crippen LogP contribution >= 0.6 is 0 Å². The minimum Gasteiger partial charge on any atom is -0.467 e. The number of hydrogen-bond donors (Lipinski definition) is 2. The number of rotatable bonds is 5. The molecule has 162 valence electrons. The summed E-state index contributed by atoms with van der Waals surface area (Å²) in [5.41, 5.74) is 2.37. The van der Waals surface area contributed by atoms with Gasteiger partial charge in [-0.15, -0.1) is 0 Å². The van der Waals surface area contributed by atoms with Crippen molar-refractivity contribution in [2.45, 2.75) is 25.9 Å². The number of carbonyl (C=O) groups is 1. The van der Waals surface area contributed by atoms with Crippen molar-refractivity contribution in [3.8, 4) is 12.0 Å². The van der Waals surface area contributed by atoms with Gasteiger partial charge in [0, 0.05) is 42.4 Å². The molecule has 31 heavy (non-hydrogen) atoms. The van der Waals surface area contributed by atoms with E-state index in [-0.39, 0.29) is 17.9 Å². The van der Waals surface area contributed by atoms with Crippen molar-refractivity contribution in [2.24, 2.45) is 0 Å². The topological polar surface area (TPSA) is 114 Å². The van der Waals surface area contributed by atoms with E-state index in [1.165, 1.54) is 26.6 Å². The van der Waals surface area contributed by atoms with Gasteiger partial charge in [-0.05, 0) is 26.0 Å². The molecule has 0 spiro atoms. The van der Waals surface area contributed by atoms with Gasteiger partial charge in [-0.2, -0.15) is 4.98 Å². The predicted molar refractivity (Wildman–Crippen MR) is 117 cm³/mol. The number of amides is 1. The lowest BCUT2D eigenvalue weighted by atomic mass is 10.0. The molecule has 2 N–H and O–H groups in total. The molecule has 1 saturated heterocycles. The molecular formula is C21H25N7O3. The number of nitrogens with one attached hydrogen (secondary N) is 2. The highest BCUT2D eigenvalue weighted by Gasteiger charge is 2.24. The van der Waals surface area contributed by atoms with Crippen LogP contribution in [0.25, 0.3) is 10.9 Å². The smallest absolute Gasteiger partial charge is 0.316 e. The SMILES string of the molecule is COc1ncc(NC(=O)c2ccc(N3C[C@H](C)N[C@@H](C)C3)c3cnc(OC)nc23)cn1. The van der Waals surface area contributed by atoms with Crippen LogP contribution in [0.15, 0.2) is 30.7 Å². The molecule has 2 atom stereocenters. The lowest BCUT2D eigenvalue weighted by Crippen LogP contribution is -2.54. The molecule has 0 aliphatic carbocycles. The number of fused-ring (bicyclic) bond motifs is 1. The van der Waals surface area contributed by atoms with Crippen molar-refractivity contribution in [3.05, 3.63) is 36.3 Å². The summed E-state index contributed by atoms with van der Waals surface area (Å²) in [5, 5.41) is 7.13. The summed E-state index contributed by atoms with van der Waals surface area (Å²) in [4.78, 5) is 32.2. The van der Waals surface area contributed by atoms with Crippen LogP contribution in [0, 0.1) is 0 Å². The quantitative estimate of drug-likeness (QED) is 0.635. The second-order valence-electron chi connectivity index (χ2n) is 7.54. The first-order chi connectivity index (χ1) is 15.0. The molecule has 0 saturated carbocycles. The fourth-order valence-corrected chi connectivity index (χ4v) is 3.85. The number of piperazine rings is 1. The average molecular weight is 423 g/mol. The summed E-state index contributed by atoms with van der Waals surface area (Å²) >= 11 is 0. The molecule has 2 aromatic heterocycles. The molecule has 0 unspecified atom stereocenters. The van der Waals surface area contributed by atoms with E-state index >= 15 is 0 Å². The summed E-state index contributed by atoms with van der Waals surface area (Å²) in [5.74, 6) is -0.326. The maximum absolute atomic E-state index is 13.1. The van der Waals surface area contributed by atoms with Gasteiger partial charge >= 0.3 is 12.0 Å². The molecule has 1 aliphatic rings. The van der Waals surface area contributed by atoms with Crippen LogP contribution in [0.4, 0.5) is 11.4 Å². The van der Waals surface area contributed by atoms with Crippen molar-refractivity contribution >= 4 is 28.2 Å². The van der Waals surface area contributed by atoms with Crippen LogP contribution in [0.3, 0.4) is 0 Å². The second-order valence-corrected chi connectivity index (χ2v) is 7.54. The fourth-order valence-electron chi connectivity index (χ4n) is 3.85. The third-order valence-electron chi connectivity index (χ3n) is 5.10.